The summed E-state index contributed by atoms with van der Waals surface area (Å²) in [5.74, 6) is 1.94. The molecule has 2 atom stereocenters. The number of aliphatic imine (C=N–C) groups is 1. The molecule has 1 aliphatic heterocycles. The molecule has 6 nitrogen and oxygen atoms in total. The maximum atomic E-state index is 12.0. The fourth-order valence-electron chi connectivity index (χ4n) is 3.99. The van der Waals surface area contributed by atoms with Gasteiger partial charge in [-0.05, 0) is 48.6 Å². The second-order valence-corrected chi connectivity index (χ2v) is 9.37. The first-order valence-electron chi connectivity index (χ1n) is 9.97. The van der Waals surface area contributed by atoms with Crippen molar-refractivity contribution in [1.29, 1.82) is 0 Å². The minimum atomic E-state index is -3.44. The third-order valence-electron chi connectivity index (χ3n) is 5.57. The highest BCUT2D eigenvalue weighted by Gasteiger charge is 2.28. The van der Waals surface area contributed by atoms with Crippen LogP contribution < -0.4 is 10.0 Å². The van der Waals surface area contributed by atoms with Gasteiger partial charge in [0.25, 0.3) is 0 Å². The molecule has 2 aromatic carbocycles. The molecule has 1 heterocycles. The lowest BCUT2D eigenvalue weighted by Crippen LogP contribution is -2.47. The van der Waals surface area contributed by atoms with Gasteiger partial charge in [-0.2, -0.15) is 0 Å². The number of nitrogens with zero attached hydrogens (tertiary/aromatic N) is 2. The molecule has 0 bridgehead atoms. The first-order valence-corrected chi connectivity index (χ1v) is 11.5. The molecule has 8 heteroatoms. The first kappa shape index (κ1) is 24.6. The minimum Gasteiger partial charge on any atom is -0.352 e. The number of hydrogen-bond acceptors (Lipinski definition) is 3. The Morgan fingerprint density at radius 3 is 2.53 bits per heavy atom. The van der Waals surface area contributed by atoms with Crippen LogP contribution in [0.4, 0.5) is 0 Å². The maximum Gasteiger partial charge on any atom is 0.240 e. The molecule has 0 amide bonds. The van der Waals surface area contributed by atoms with Crippen LogP contribution in [0.25, 0.3) is 0 Å². The van der Waals surface area contributed by atoms with Crippen LogP contribution in [0, 0.1) is 5.92 Å². The molecule has 2 aromatic rings. The maximum absolute atomic E-state index is 12.0. The van der Waals surface area contributed by atoms with Crippen molar-refractivity contribution in [3.05, 3.63) is 65.7 Å². The van der Waals surface area contributed by atoms with Gasteiger partial charge in [0.05, 0.1) is 4.90 Å². The van der Waals surface area contributed by atoms with E-state index in [1.807, 2.05) is 6.07 Å². The van der Waals surface area contributed by atoms with Gasteiger partial charge in [-0.25, -0.2) is 13.1 Å². The minimum absolute atomic E-state index is 0. The smallest absolute Gasteiger partial charge is 0.240 e. The van der Waals surface area contributed by atoms with E-state index in [1.165, 1.54) is 12.6 Å². The largest absolute Gasteiger partial charge is 0.352 e. The average molecular weight is 542 g/mol. The van der Waals surface area contributed by atoms with Gasteiger partial charge in [-0.1, -0.05) is 49.4 Å². The van der Waals surface area contributed by atoms with Crippen LogP contribution in [-0.2, 0) is 16.6 Å². The van der Waals surface area contributed by atoms with Crippen LogP contribution in [-0.4, -0.2) is 46.5 Å². The Morgan fingerprint density at radius 1 is 1.17 bits per heavy atom. The summed E-state index contributed by atoms with van der Waals surface area (Å²) in [5, 5.41) is 3.39. The average Bonchev–Trinajstić information content (AvgIpc) is 2.75. The molecular formula is C22H31IN4O2S. The zero-order valence-corrected chi connectivity index (χ0v) is 20.9. The molecular weight excluding hydrogens is 511 g/mol. The number of piperidine rings is 1. The summed E-state index contributed by atoms with van der Waals surface area (Å²) in [6.45, 7) is 4.70. The number of hydrogen-bond donors (Lipinski definition) is 2. The normalized spacial score (nSPS) is 19.8. The number of likely N-dealkylation sites (tertiary alicyclic amines) is 1. The Hall–Kier alpha value is -1.65. The van der Waals surface area contributed by atoms with Crippen LogP contribution in [0.15, 0.2) is 64.5 Å². The molecule has 0 radical (unpaired) electrons. The molecule has 0 aliphatic carbocycles. The van der Waals surface area contributed by atoms with Gasteiger partial charge in [0.1, 0.15) is 0 Å². The van der Waals surface area contributed by atoms with Crippen molar-refractivity contribution < 1.29 is 8.42 Å². The fraction of sp³-hybridized carbons (Fsp3) is 0.409. The van der Waals surface area contributed by atoms with E-state index in [9.17, 15) is 8.42 Å². The van der Waals surface area contributed by atoms with E-state index in [-0.39, 0.29) is 28.9 Å². The molecule has 1 fully saturated rings. The Labute approximate surface area is 197 Å². The number of guanidine groups is 1. The van der Waals surface area contributed by atoms with Crippen LogP contribution in [0.2, 0.25) is 0 Å². The van der Waals surface area contributed by atoms with Crippen molar-refractivity contribution in [2.75, 3.05) is 27.2 Å². The molecule has 30 heavy (non-hydrogen) atoms. The lowest BCUT2D eigenvalue weighted by molar-refractivity contribution is 0.234. The summed E-state index contributed by atoms with van der Waals surface area (Å²) in [6, 6.07) is 17.7. The molecule has 164 valence electrons. The summed E-state index contributed by atoms with van der Waals surface area (Å²) in [5.41, 5.74) is 2.31. The summed E-state index contributed by atoms with van der Waals surface area (Å²) in [6.07, 6.45) is 1.09. The molecule has 1 aliphatic rings. The van der Waals surface area contributed by atoms with Gasteiger partial charge in [0, 0.05) is 26.7 Å². The Kier molecular flexibility index (Phi) is 9.11. The van der Waals surface area contributed by atoms with Crippen molar-refractivity contribution in [1.82, 2.24) is 14.9 Å². The van der Waals surface area contributed by atoms with Crippen molar-refractivity contribution >= 4 is 40.0 Å². The summed E-state index contributed by atoms with van der Waals surface area (Å²) in [4.78, 5) is 7.01. The van der Waals surface area contributed by atoms with E-state index >= 15 is 0 Å². The highest BCUT2D eigenvalue weighted by molar-refractivity contribution is 14.0. The molecule has 1 saturated heterocycles. The Bertz CT molecular complexity index is 951. The summed E-state index contributed by atoms with van der Waals surface area (Å²) < 4.78 is 26.4. The monoisotopic (exact) mass is 542 g/mol. The zero-order chi connectivity index (χ0) is 20.9. The fourth-order valence-corrected chi connectivity index (χ4v) is 4.79. The third-order valence-corrected chi connectivity index (χ3v) is 6.98. The molecule has 0 spiro atoms. The predicted octanol–water partition coefficient (Wildman–Crippen LogP) is 3.41. The van der Waals surface area contributed by atoms with E-state index < -0.39 is 10.0 Å². The third kappa shape index (κ3) is 5.95. The molecule has 0 saturated carbocycles. The summed E-state index contributed by atoms with van der Waals surface area (Å²) in [7, 11) is -0.235. The lowest BCUT2D eigenvalue weighted by Gasteiger charge is -2.39. The van der Waals surface area contributed by atoms with Crippen molar-refractivity contribution in [3.63, 3.8) is 0 Å². The quantitative estimate of drug-likeness (QED) is 0.345. The highest BCUT2D eigenvalue weighted by atomic mass is 127. The van der Waals surface area contributed by atoms with Gasteiger partial charge >= 0.3 is 0 Å². The SMILES string of the molecule is CN=C(NCc1cccc(S(=O)(=O)NC)c1)N1CCC(c2ccccc2)C(C)C1.I. The Morgan fingerprint density at radius 2 is 1.90 bits per heavy atom. The topological polar surface area (TPSA) is 73.8 Å². The zero-order valence-electron chi connectivity index (χ0n) is 17.7. The summed E-state index contributed by atoms with van der Waals surface area (Å²) >= 11 is 0. The molecule has 0 aromatic heterocycles. The number of benzene rings is 2. The van der Waals surface area contributed by atoms with Crippen molar-refractivity contribution in [2.24, 2.45) is 10.9 Å². The van der Waals surface area contributed by atoms with E-state index in [2.05, 4.69) is 57.2 Å². The first-order chi connectivity index (χ1) is 13.9. The number of nitrogens with one attached hydrogen (secondary N) is 2. The van der Waals surface area contributed by atoms with Crippen LogP contribution in [0.1, 0.15) is 30.4 Å². The highest BCUT2D eigenvalue weighted by Crippen LogP contribution is 2.32. The number of halogens is 1. The van der Waals surface area contributed by atoms with Crippen LogP contribution in [0.3, 0.4) is 0 Å². The van der Waals surface area contributed by atoms with E-state index in [1.54, 1.807) is 25.2 Å². The lowest BCUT2D eigenvalue weighted by atomic mass is 9.82. The predicted molar refractivity (Wildman–Crippen MR) is 133 cm³/mol. The van der Waals surface area contributed by atoms with E-state index in [4.69, 9.17) is 0 Å². The van der Waals surface area contributed by atoms with Gasteiger partial charge in [-0.3, -0.25) is 4.99 Å². The Balaban J connectivity index is 0.00000320. The van der Waals surface area contributed by atoms with Gasteiger partial charge in [0.15, 0.2) is 5.96 Å². The molecule has 2 N–H and O–H groups in total. The van der Waals surface area contributed by atoms with Crippen molar-refractivity contribution in [3.8, 4) is 0 Å². The van der Waals surface area contributed by atoms with Crippen LogP contribution >= 0.6 is 24.0 Å². The van der Waals surface area contributed by atoms with Gasteiger partial charge in [0.2, 0.25) is 10.0 Å². The van der Waals surface area contributed by atoms with E-state index in [0.717, 1.165) is 31.0 Å². The van der Waals surface area contributed by atoms with E-state index in [0.29, 0.717) is 18.4 Å². The van der Waals surface area contributed by atoms with Crippen LogP contribution in [0.5, 0.6) is 0 Å². The second-order valence-electron chi connectivity index (χ2n) is 7.48. The van der Waals surface area contributed by atoms with Crippen molar-refractivity contribution in [2.45, 2.75) is 30.7 Å². The van der Waals surface area contributed by atoms with Gasteiger partial charge in [-0.15, -0.1) is 24.0 Å². The standard InChI is InChI=1S/C22H30N4O2S.HI/c1-17-16-26(13-12-21(17)19-9-5-4-6-10-19)22(23-2)25-15-18-8-7-11-20(14-18)29(27,28)24-3;/h4-11,14,17,21,24H,12-13,15-16H2,1-3H3,(H,23,25);1H. The van der Waals surface area contributed by atoms with Gasteiger partial charge < -0.3 is 10.2 Å². The number of rotatable bonds is 5. The molecule has 3 rings (SSSR count). The second kappa shape index (κ2) is 11.1. The molecule has 2 unspecified atom stereocenters. The number of sulfonamides is 1.